The maximum atomic E-state index is 12.6. The summed E-state index contributed by atoms with van der Waals surface area (Å²) in [6.45, 7) is 7.88. The number of carbonyl (C=O) groups is 1. The number of carbonyl (C=O) groups excluding carboxylic acids is 1. The Balaban J connectivity index is 1.56. The summed E-state index contributed by atoms with van der Waals surface area (Å²) in [7, 11) is 0. The Morgan fingerprint density at radius 2 is 1.00 bits per heavy atom. The second-order valence-corrected chi connectivity index (χ2v) is 10.3. The number of hydrogen-bond donors (Lipinski definition) is 0. The normalized spacial score (nSPS) is 14.5. The second-order valence-electron chi connectivity index (χ2n) is 8.85. The van der Waals surface area contributed by atoms with Crippen molar-refractivity contribution in [2.75, 3.05) is 0 Å². The topological polar surface area (TPSA) is 44.8 Å². The van der Waals surface area contributed by atoms with E-state index in [-0.39, 0.29) is 23.0 Å². The molecule has 0 saturated carbocycles. The van der Waals surface area contributed by atoms with Crippen LogP contribution >= 0.6 is 23.2 Å². The second kappa shape index (κ2) is 12.9. The van der Waals surface area contributed by atoms with E-state index in [2.05, 4.69) is 0 Å². The molecule has 0 aliphatic carbocycles. The van der Waals surface area contributed by atoms with E-state index in [9.17, 15) is 4.79 Å². The first kappa shape index (κ1) is 26.9. The molecule has 35 heavy (non-hydrogen) atoms. The summed E-state index contributed by atoms with van der Waals surface area (Å²) in [5, 5.41) is 0.117. The summed E-state index contributed by atoms with van der Waals surface area (Å²) < 4.78 is 17.2. The Morgan fingerprint density at radius 1 is 0.629 bits per heavy atom. The molecule has 3 aromatic rings. The highest BCUT2D eigenvalue weighted by Crippen LogP contribution is 2.25. The SMILES string of the molecule is CC(Cl)CC(C)Oc1ccc(OC(=O)c2ccc(-c3ccc(OC(C)CC(C)Cl)cc3)cc2)cc1. The van der Waals surface area contributed by atoms with E-state index in [4.69, 9.17) is 37.4 Å². The van der Waals surface area contributed by atoms with Crippen LogP contribution in [0.3, 0.4) is 0 Å². The van der Waals surface area contributed by atoms with Gasteiger partial charge in [-0.2, -0.15) is 0 Å². The Kier molecular flexibility index (Phi) is 9.88. The average Bonchev–Trinajstić information content (AvgIpc) is 2.80. The molecule has 0 N–H and O–H groups in total. The number of alkyl halides is 2. The van der Waals surface area contributed by atoms with Crippen molar-refractivity contribution in [3.8, 4) is 28.4 Å². The van der Waals surface area contributed by atoms with E-state index in [0.717, 1.165) is 29.7 Å². The van der Waals surface area contributed by atoms with Crippen LogP contribution in [0.4, 0.5) is 0 Å². The van der Waals surface area contributed by atoms with Crippen LogP contribution in [0.25, 0.3) is 11.1 Å². The summed E-state index contributed by atoms with van der Waals surface area (Å²) >= 11 is 12.1. The molecule has 0 fully saturated rings. The number of ether oxygens (including phenoxy) is 3. The van der Waals surface area contributed by atoms with E-state index >= 15 is 0 Å². The molecule has 4 nitrogen and oxygen atoms in total. The quantitative estimate of drug-likeness (QED) is 0.147. The Labute approximate surface area is 218 Å². The minimum atomic E-state index is -0.416. The van der Waals surface area contributed by atoms with E-state index < -0.39 is 5.97 Å². The van der Waals surface area contributed by atoms with Crippen LogP contribution in [-0.4, -0.2) is 28.9 Å². The first-order chi connectivity index (χ1) is 16.7. The first-order valence-corrected chi connectivity index (χ1v) is 12.7. The lowest BCUT2D eigenvalue weighted by Crippen LogP contribution is -2.15. The van der Waals surface area contributed by atoms with Gasteiger partial charge in [0.2, 0.25) is 0 Å². The monoisotopic (exact) mass is 514 g/mol. The van der Waals surface area contributed by atoms with Crippen molar-refractivity contribution >= 4 is 29.2 Å². The summed E-state index contributed by atoms with van der Waals surface area (Å²) in [5.74, 6) is 1.55. The Bertz CT molecular complexity index is 1060. The van der Waals surface area contributed by atoms with Gasteiger partial charge in [0.05, 0.1) is 17.8 Å². The van der Waals surface area contributed by atoms with Crippen molar-refractivity contribution in [2.24, 2.45) is 0 Å². The van der Waals surface area contributed by atoms with E-state index in [1.165, 1.54) is 0 Å². The fourth-order valence-electron chi connectivity index (χ4n) is 3.75. The minimum absolute atomic E-state index is 0.00131. The number of hydrogen-bond acceptors (Lipinski definition) is 4. The maximum Gasteiger partial charge on any atom is 0.343 e. The largest absolute Gasteiger partial charge is 0.491 e. The molecule has 0 spiro atoms. The van der Waals surface area contributed by atoms with Crippen LogP contribution in [0, 0.1) is 0 Å². The van der Waals surface area contributed by atoms with E-state index in [1.807, 2.05) is 64.1 Å². The maximum absolute atomic E-state index is 12.6. The van der Waals surface area contributed by atoms with Crippen molar-refractivity contribution in [2.45, 2.75) is 63.5 Å². The smallest absolute Gasteiger partial charge is 0.343 e. The Morgan fingerprint density at radius 3 is 1.43 bits per heavy atom. The lowest BCUT2D eigenvalue weighted by atomic mass is 10.0. The zero-order chi connectivity index (χ0) is 25.4. The van der Waals surface area contributed by atoms with Gasteiger partial charge in [-0.15, -0.1) is 23.2 Å². The highest BCUT2D eigenvalue weighted by atomic mass is 35.5. The van der Waals surface area contributed by atoms with Gasteiger partial charge in [0.1, 0.15) is 17.2 Å². The van der Waals surface area contributed by atoms with Crippen LogP contribution in [0.15, 0.2) is 72.8 Å². The van der Waals surface area contributed by atoms with Crippen molar-refractivity contribution in [1.82, 2.24) is 0 Å². The molecule has 4 atom stereocenters. The molecule has 0 aromatic heterocycles. The fourth-order valence-corrected chi connectivity index (χ4v) is 4.25. The highest BCUT2D eigenvalue weighted by molar-refractivity contribution is 6.20. The van der Waals surface area contributed by atoms with Gasteiger partial charge in [-0.25, -0.2) is 4.79 Å². The third-order valence-electron chi connectivity index (χ3n) is 5.33. The van der Waals surface area contributed by atoms with Crippen LogP contribution in [0.2, 0.25) is 0 Å². The van der Waals surface area contributed by atoms with Crippen molar-refractivity contribution < 1.29 is 19.0 Å². The van der Waals surface area contributed by atoms with E-state index in [0.29, 0.717) is 17.1 Å². The van der Waals surface area contributed by atoms with Crippen molar-refractivity contribution in [1.29, 1.82) is 0 Å². The van der Waals surface area contributed by atoms with Crippen LogP contribution in [0.1, 0.15) is 50.9 Å². The number of benzene rings is 3. The molecule has 3 rings (SSSR count). The fraction of sp³-hybridized carbons (Fsp3) is 0.345. The van der Waals surface area contributed by atoms with Gasteiger partial charge in [0, 0.05) is 23.6 Å². The molecule has 0 saturated heterocycles. The van der Waals surface area contributed by atoms with Crippen molar-refractivity contribution in [3.05, 3.63) is 78.4 Å². The molecule has 0 heterocycles. The third-order valence-corrected chi connectivity index (χ3v) is 5.69. The summed E-state index contributed by atoms with van der Waals surface area (Å²) in [5.41, 5.74) is 2.50. The number of rotatable bonds is 11. The zero-order valence-corrected chi connectivity index (χ0v) is 22.1. The molecule has 6 heteroatoms. The molecule has 0 aliphatic heterocycles. The number of esters is 1. The molecular formula is C29H32Cl2O4. The van der Waals surface area contributed by atoms with Crippen LogP contribution in [0.5, 0.6) is 17.2 Å². The molecule has 3 aromatic carbocycles. The van der Waals surface area contributed by atoms with Gasteiger partial charge < -0.3 is 14.2 Å². The lowest BCUT2D eigenvalue weighted by Gasteiger charge is -2.16. The van der Waals surface area contributed by atoms with Gasteiger partial charge in [-0.3, -0.25) is 0 Å². The molecule has 0 radical (unpaired) electrons. The van der Waals surface area contributed by atoms with Gasteiger partial charge >= 0.3 is 5.97 Å². The molecule has 0 bridgehead atoms. The molecule has 186 valence electrons. The minimum Gasteiger partial charge on any atom is -0.491 e. The first-order valence-electron chi connectivity index (χ1n) is 11.8. The lowest BCUT2D eigenvalue weighted by molar-refractivity contribution is 0.0734. The zero-order valence-electron chi connectivity index (χ0n) is 20.5. The Hall–Kier alpha value is -2.69. The summed E-state index contributed by atoms with van der Waals surface area (Å²) in [6.07, 6.45) is 1.58. The predicted octanol–water partition coefficient (Wildman–Crippen LogP) is 8.14. The molecule has 0 amide bonds. The summed E-state index contributed by atoms with van der Waals surface area (Å²) in [6, 6.07) is 22.2. The predicted molar refractivity (Wildman–Crippen MR) is 143 cm³/mol. The standard InChI is InChI=1S/C29H32Cl2O4/c1-19(30)17-21(3)33-26-11-9-24(10-12-26)23-5-7-25(8-6-23)29(32)35-28-15-13-27(14-16-28)34-22(4)18-20(2)31/h5-16,19-22H,17-18H2,1-4H3. The number of halogens is 2. The summed E-state index contributed by atoms with van der Waals surface area (Å²) in [4.78, 5) is 12.6. The molecule has 4 unspecified atom stereocenters. The van der Waals surface area contributed by atoms with Gasteiger partial charge in [-0.05, 0) is 87.4 Å². The van der Waals surface area contributed by atoms with E-state index in [1.54, 1.807) is 36.4 Å². The van der Waals surface area contributed by atoms with Gasteiger partial charge in [0.25, 0.3) is 0 Å². The third kappa shape index (κ3) is 8.79. The molecular weight excluding hydrogens is 483 g/mol. The highest BCUT2D eigenvalue weighted by Gasteiger charge is 2.12. The van der Waals surface area contributed by atoms with Gasteiger partial charge in [-0.1, -0.05) is 24.3 Å². The van der Waals surface area contributed by atoms with Crippen LogP contribution < -0.4 is 14.2 Å². The molecule has 0 aliphatic rings. The van der Waals surface area contributed by atoms with Gasteiger partial charge in [0.15, 0.2) is 0 Å². The average molecular weight is 515 g/mol. The van der Waals surface area contributed by atoms with Crippen LogP contribution in [-0.2, 0) is 0 Å². The van der Waals surface area contributed by atoms with Crippen molar-refractivity contribution in [3.63, 3.8) is 0 Å².